The monoisotopic (exact) mass is 244 g/mol. The van der Waals surface area contributed by atoms with Gasteiger partial charge in [-0.05, 0) is 49.5 Å². The van der Waals surface area contributed by atoms with E-state index in [2.05, 4.69) is 30.4 Å². The van der Waals surface area contributed by atoms with Crippen molar-refractivity contribution in [1.82, 2.24) is 5.32 Å². The first-order valence-corrected chi connectivity index (χ1v) is 6.81. The van der Waals surface area contributed by atoms with Crippen molar-refractivity contribution in [3.05, 3.63) is 29.3 Å². The number of piperidine rings is 1. The average Bonchev–Trinajstić information content (AvgIpc) is 2.63. The molecule has 1 saturated heterocycles. The van der Waals surface area contributed by atoms with Crippen LogP contribution in [0, 0.1) is 0 Å². The molecule has 1 fully saturated rings. The van der Waals surface area contributed by atoms with Gasteiger partial charge in [-0.3, -0.25) is 4.79 Å². The molecule has 3 rings (SSSR count). The topological polar surface area (TPSA) is 32.3 Å². The first-order chi connectivity index (χ1) is 8.69. The fraction of sp³-hybridized carbons (Fsp3) is 0.533. The summed E-state index contributed by atoms with van der Waals surface area (Å²) < 4.78 is 0. The number of fused-ring (bicyclic) bond motifs is 2. The maximum atomic E-state index is 12.6. The highest BCUT2D eigenvalue weighted by Gasteiger charge is 2.49. The van der Waals surface area contributed by atoms with E-state index < -0.39 is 0 Å². The predicted molar refractivity (Wildman–Crippen MR) is 73.0 cm³/mol. The molecule has 0 unspecified atom stereocenters. The highest BCUT2D eigenvalue weighted by atomic mass is 16.2. The second kappa shape index (κ2) is 4.09. The molecule has 2 heterocycles. The van der Waals surface area contributed by atoms with Gasteiger partial charge in [0.2, 0.25) is 5.91 Å². The van der Waals surface area contributed by atoms with Crippen LogP contribution in [0.5, 0.6) is 0 Å². The van der Waals surface area contributed by atoms with Gasteiger partial charge in [0, 0.05) is 12.7 Å². The smallest absolute Gasteiger partial charge is 0.237 e. The van der Waals surface area contributed by atoms with E-state index in [0.29, 0.717) is 0 Å². The van der Waals surface area contributed by atoms with Crippen LogP contribution >= 0.6 is 0 Å². The molecule has 0 radical (unpaired) electrons. The molecule has 0 aliphatic carbocycles. The number of amides is 1. The predicted octanol–water partition coefficient (Wildman–Crippen LogP) is 1.85. The van der Waals surface area contributed by atoms with E-state index in [1.165, 1.54) is 11.1 Å². The van der Waals surface area contributed by atoms with E-state index in [4.69, 9.17) is 0 Å². The molecule has 1 N–H and O–H groups in total. The van der Waals surface area contributed by atoms with Gasteiger partial charge in [0.15, 0.2) is 0 Å². The standard InChI is InChI=1S/C15H20N2O/c1-3-11-4-5-13-12(10-11)15(14(18)17(13)2)6-8-16-9-7-15/h4-5,10,16H,3,6-9H2,1-2H3. The lowest BCUT2D eigenvalue weighted by Crippen LogP contribution is -2.46. The fourth-order valence-electron chi connectivity index (χ4n) is 3.36. The lowest BCUT2D eigenvalue weighted by atomic mass is 9.74. The summed E-state index contributed by atoms with van der Waals surface area (Å²) in [6.45, 7) is 4.04. The van der Waals surface area contributed by atoms with Gasteiger partial charge in [0.05, 0.1) is 5.41 Å². The Labute approximate surface area is 108 Å². The number of nitrogens with zero attached hydrogens (tertiary/aromatic N) is 1. The Balaban J connectivity index is 2.15. The van der Waals surface area contributed by atoms with Crippen molar-refractivity contribution < 1.29 is 4.79 Å². The third kappa shape index (κ3) is 1.43. The average molecular weight is 244 g/mol. The van der Waals surface area contributed by atoms with Crippen molar-refractivity contribution in [2.24, 2.45) is 0 Å². The van der Waals surface area contributed by atoms with Crippen LogP contribution in [0.25, 0.3) is 0 Å². The summed E-state index contributed by atoms with van der Waals surface area (Å²) in [5.41, 5.74) is 3.45. The van der Waals surface area contributed by atoms with Crippen LogP contribution in [0.1, 0.15) is 30.9 Å². The van der Waals surface area contributed by atoms with Gasteiger partial charge in [0.1, 0.15) is 0 Å². The first kappa shape index (κ1) is 11.7. The van der Waals surface area contributed by atoms with Crippen LogP contribution in [0.4, 0.5) is 5.69 Å². The maximum absolute atomic E-state index is 12.6. The molecule has 0 bridgehead atoms. The molecule has 18 heavy (non-hydrogen) atoms. The maximum Gasteiger partial charge on any atom is 0.237 e. The molecular formula is C15H20N2O. The van der Waals surface area contributed by atoms with Crippen LogP contribution in [0.2, 0.25) is 0 Å². The lowest BCUT2D eigenvalue weighted by Gasteiger charge is -2.32. The summed E-state index contributed by atoms with van der Waals surface area (Å²) >= 11 is 0. The second-order valence-corrected chi connectivity index (χ2v) is 5.40. The lowest BCUT2D eigenvalue weighted by molar-refractivity contribution is -0.123. The van der Waals surface area contributed by atoms with Gasteiger partial charge in [-0.2, -0.15) is 0 Å². The minimum absolute atomic E-state index is 0.249. The van der Waals surface area contributed by atoms with Crippen LogP contribution in [0.15, 0.2) is 18.2 Å². The molecule has 0 aromatic heterocycles. The van der Waals surface area contributed by atoms with Crippen LogP contribution < -0.4 is 10.2 Å². The van der Waals surface area contributed by atoms with Crippen molar-refractivity contribution >= 4 is 11.6 Å². The first-order valence-electron chi connectivity index (χ1n) is 6.81. The van der Waals surface area contributed by atoms with E-state index in [1.807, 2.05) is 11.9 Å². The van der Waals surface area contributed by atoms with E-state index in [0.717, 1.165) is 38.0 Å². The van der Waals surface area contributed by atoms with Gasteiger partial charge in [-0.1, -0.05) is 19.1 Å². The molecule has 96 valence electrons. The Morgan fingerprint density at radius 1 is 1.33 bits per heavy atom. The fourth-order valence-corrected chi connectivity index (χ4v) is 3.36. The molecule has 3 heteroatoms. The number of carbonyl (C=O) groups excluding carboxylic acids is 1. The Morgan fingerprint density at radius 3 is 2.72 bits per heavy atom. The summed E-state index contributed by atoms with van der Waals surface area (Å²) in [7, 11) is 1.91. The van der Waals surface area contributed by atoms with Crippen molar-refractivity contribution in [3.8, 4) is 0 Å². The summed E-state index contributed by atoms with van der Waals surface area (Å²) in [6, 6.07) is 6.51. The van der Waals surface area contributed by atoms with E-state index in [9.17, 15) is 4.79 Å². The number of carbonyl (C=O) groups is 1. The Hall–Kier alpha value is -1.35. The zero-order valence-corrected chi connectivity index (χ0v) is 11.1. The van der Waals surface area contributed by atoms with Gasteiger partial charge in [0.25, 0.3) is 0 Å². The van der Waals surface area contributed by atoms with Crippen LogP contribution in [0.3, 0.4) is 0 Å². The number of hydrogen-bond acceptors (Lipinski definition) is 2. The Morgan fingerprint density at radius 2 is 2.06 bits per heavy atom. The number of aryl methyl sites for hydroxylation is 1. The van der Waals surface area contributed by atoms with Crippen LogP contribution in [-0.2, 0) is 16.6 Å². The molecule has 1 amide bonds. The molecular weight excluding hydrogens is 224 g/mol. The Kier molecular flexibility index (Phi) is 2.67. The van der Waals surface area contributed by atoms with Crippen LogP contribution in [-0.4, -0.2) is 26.0 Å². The molecule has 0 saturated carbocycles. The number of anilines is 1. The second-order valence-electron chi connectivity index (χ2n) is 5.40. The third-order valence-corrected chi connectivity index (χ3v) is 4.52. The minimum atomic E-state index is -0.249. The molecule has 1 aromatic carbocycles. The van der Waals surface area contributed by atoms with Gasteiger partial charge in [-0.15, -0.1) is 0 Å². The molecule has 2 aliphatic heterocycles. The zero-order chi connectivity index (χ0) is 12.8. The van der Waals surface area contributed by atoms with Crippen molar-refractivity contribution in [1.29, 1.82) is 0 Å². The summed E-state index contributed by atoms with van der Waals surface area (Å²) in [5.74, 6) is 0.284. The number of rotatable bonds is 1. The summed E-state index contributed by atoms with van der Waals surface area (Å²) in [6.07, 6.45) is 2.88. The van der Waals surface area contributed by atoms with E-state index >= 15 is 0 Å². The van der Waals surface area contributed by atoms with Crippen molar-refractivity contribution in [2.75, 3.05) is 25.0 Å². The van der Waals surface area contributed by atoms with E-state index in [-0.39, 0.29) is 11.3 Å². The largest absolute Gasteiger partial charge is 0.317 e. The number of likely N-dealkylation sites (N-methyl/N-ethyl adjacent to an activating group) is 1. The number of benzene rings is 1. The normalized spacial score (nSPS) is 21.4. The zero-order valence-electron chi connectivity index (χ0n) is 11.1. The van der Waals surface area contributed by atoms with Crippen molar-refractivity contribution in [2.45, 2.75) is 31.6 Å². The molecule has 0 atom stereocenters. The summed E-state index contributed by atoms with van der Waals surface area (Å²) in [5, 5.41) is 3.36. The van der Waals surface area contributed by atoms with Gasteiger partial charge >= 0.3 is 0 Å². The van der Waals surface area contributed by atoms with Crippen molar-refractivity contribution in [3.63, 3.8) is 0 Å². The molecule has 1 aromatic rings. The van der Waals surface area contributed by atoms with Gasteiger partial charge < -0.3 is 10.2 Å². The van der Waals surface area contributed by atoms with E-state index in [1.54, 1.807) is 0 Å². The Bertz CT molecular complexity index is 489. The third-order valence-electron chi connectivity index (χ3n) is 4.52. The number of nitrogens with one attached hydrogen (secondary N) is 1. The highest BCUT2D eigenvalue weighted by molar-refractivity contribution is 6.07. The SMILES string of the molecule is CCc1ccc2c(c1)C1(CCNCC1)C(=O)N2C. The summed E-state index contributed by atoms with van der Waals surface area (Å²) in [4.78, 5) is 14.5. The minimum Gasteiger partial charge on any atom is -0.317 e. The molecule has 1 spiro atoms. The molecule has 3 nitrogen and oxygen atoms in total. The quantitative estimate of drug-likeness (QED) is 0.817. The van der Waals surface area contributed by atoms with Gasteiger partial charge in [-0.25, -0.2) is 0 Å². The molecule has 2 aliphatic rings. The number of hydrogen-bond donors (Lipinski definition) is 1. The highest BCUT2D eigenvalue weighted by Crippen LogP contribution is 2.46.